The molecule has 0 spiro atoms. The van der Waals surface area contributed by atoms with Gasteiger partial charge < -0.3 is 9.84 Å². The van der Waals surface area contributed by atoms with Gasteiger partial charge in [-0.1, -0.05) is 12.1 Å². The first-order valence-electron chi connectivity index (χ1n) is 6.23. The van der Waals surface area contributed by atoms with Gasteiger partial charge in [0.25, 0.3) is 0 Å². The summed E-state index contributed by atoms with van der Waals surface area (Å²) in [6.45, 7) is 1.78. The standard InChI is InChI=1S/C15H11N3O3/c1-9-14(18-13-5-3-2-4-12(13)17-9)21-11-6-10(15(19)20)7-16-8-11/h2-8H,1H3,(H,19,20). The van der Waals surface area contributed by atoms with E-state index in [1.807, 2.05) is 24.3 Å². The Hall–Kier alpha value is -3.02. The summed E-state index contributed by atoms with van der Waals surface area (Å²) in [6, 6.07) is 8.85. The number of carboxylic acids is 1. The molecule has 0 atom stereocenters. The number of aromatic carboxylic acids is 1. The molecular weight excluding hydrogens is 270 g/mol. The summed E-state index contributed by atoms with van der Waals surface area (Å²) in [7, 11) is 0. The summed E-state index contributed by atoms with van der Waals surface area (Å²) < 4.78 is 5.61. The van der Waals surface area contributed by atoms with Crippen LogP contribution in [0, 0.1) is 6.92 Å². The zero-order valence-corrected chi connectivity index (χ0v) is 11.1. The maximum Gasteiger partial charge on any atom is 0.337 e. The number of hydrogen-bond donors (Lipinski definition) is 1. The lowest BCUT2D eigenvalue weighted by atomic mass is 10.3. The number of benzene rings is 1. The van der Waals surface area contributed by atoms with Crippen molar-refractivity contribution >= 4 is 17.0 Å². The third-order valence-electron chi connectivity index (χ3n) is 2.88. The molecule has 21 heavy (non-hydrogen) atoms. The summed E-state index contributed by atoms with van der Waals surface area (Å²) in [6.07, 6.45) is 2.69. The highest BCUT2D eigenvalue weighted by atomic mass is 16.5. The number of fused-ring (bicyclic) bond motifs is 1. The van der Waals surface area contributed by atoms with Crippen molar-refractivity contribution in [3.05, 3.63) is 54.0 Å². The Bertz CT molecular complexity index is 833. The number of hydrogen-bond acceptors (Lipinski definition) is 5. The molecule has 0 aliphatic heterocycles. The van der Waals surface area contributed by atoms with Crippen molar-refractivity contribution in [3.8, 4) is 11.6 Å². The Morgan fingerprint density at radius 3 is 2.57 bits per heavy atom. The van der Waals surface area contributed by atoms with E-state index in [0.29, 0.717) is 22.8 Å². The van der Waals surface area contributed by atoms with Crippen molar-refractivity contribution in [2.45, 2.75) is 6.92 Å². The minimum absolute atomic E-state index is 0.0545. The van der Waals surface area contributed by atoms with Crippen LogP contribution in [0.15, 0.2) is 42.7 Å². The van der Waals surface area contributed by atoms with Crippen molar-refractivity contribution < 1.29 is 14.6 Å². The van der Waals surface area contributed by atoms with E-state index in [2.05, 4.69) is 15.0 Å². The van der Waals surface area contributed by atoms with Gasteiger partial charge in [0.1, 0.15) is 11.4 Å². The average Bonchev–Trinajstić information content (AvgIpc) is 2.48. The number of aromatic nitrogens is 3. The third kappa shape index (κ3) is 2.64. The molecule has 0 bridgehead atoms. The molecule has 0 saturated carbocycles. The van der Waals surface area contributed by atoms with Gasteiger partial charge in [0.15, 0.2) is 0 Å². The maximum atomic E-state index is 10.9. The highest BCUT2D eigenvalue weighted by Crippen LogP contribution is 2.24. The van der Waals surface area contributed by atoms with E-state index in [1.165, 1.54) is 18.5 Å². The van der Waals surface area contributed by atoms with Crippen LogP contribution in [0.3, 0.4) is 0 Å². The summed E-state index contributed by atoms with van der Waals surface area (Å²) in [4.78, 5) is 23.6. The van der Waals surface area contributed by atoms with Gasteiger partial charge >= 0.3 is 5.97 Å². The van der Waals surface area contributed by atoms with Crippen LogP contribution in [0.2, 0.25) is 0 Å². The first-order chi connectivity index (χ1) is 10.1. The molecule has 0 fully saturated rings. The predicted molar refractivity (Wildman–Crippen MR) is 75.5 cm³/mol. The van der Waals surface area contributed by atoms with Crippen LogP contribution in [-0.2, 0) is 0 Å². The minimum atomic E-state index is -1.06. The zero-order chi connectivity index (χ0) is 14.8. The normalized spacial score (nSPS) is 10.5. The molecule has 6 heteroatoms. The van der Waals surface area contributed by atoms with E-state index in [-0.39, 0.29) is 5.56 Å². The number of aryl methyl sites for hydroxylation is 1. The van der Waals surface area contributed by atoms with Gasteiger partial charge in [-0.25, -0.2) is 14.8 Å². The third-order valence-corrected chi connectivity index (χ3v) is 2.88. The van der Waals surface area contributed by atoms with Gasteiger partial charge in [-0.15, -0.1) is 0 Å². The molecule has 104 valence electrons. The van der Waals surface area contributed by atoms with Gasteiger partial charge in [-0.2, -0.15) is 0 Å². The van der Waals surface area contributed by atoms with E-state index in [0.717, 1.165) is 5.52 Å². The number of para-hydroxylation sites is 2. The highest BCUT2D eigenvalue weighted by Gasteiger charge is 2.10. The molecule has 0 saturated heterocycles. The second-order valence-corrected chi connectivity index (χ2v) is 4.42. The van der Waals surface area contributed by atoms with E-state index in [1.54, 1.807) is 6.92 Å². The van der Waals surface area contributed by atoms with Crippen LogP contribution in [0.5, 0.6) is 11.6 Å². The second kappa shape index (κ2) is 5.16. The molecular formula is C15H11N3O3. The first-order valence-corrected chi connectivity index (χ1v) is 6.23. The summed E-state index contributed by atoms with van der Waals surface area (Å²) in [5, 5.41) is 8.95. The molecule has 0 aliphatic carbocycles. The Balaban J connectivity index is 1.99. The van der Waals surface area contributed by atoms with Crippen LogP contribution < -0.4 is 4.74 Å². The van der Waals surface area contributed by atoms with E-state index >= 15 is 0 Å². The number of nitrogens with zero attached hydrogens (tertiary/aromatic N) is 3. The molecule has 0 amide bonds. The Kier molecular flexibility index (Phi) is 3.19. The molecule has 1 aromatic carbocycles. The minimum Gasteiger partial charge on any atom is -0.478 e. The molecule has 3 rings (SSSR count). The number of carbonyl (C=O) groups is 1. The fourth-order valence-electron chi connectivity index (χ4n) is 1.87. The van der Waals surface area contributed by atoms with Crippen molar-refractivity contribution in [1.82, 2.24) is 15.0 Å². The maximum absolute atomic E-state index is 10.9. The second-order valence-electron chi connectivity index (χ2n) is 4.42. The Morgan fingerprint density at radius 1 is 1.14 bits per heavy atom. The molecule has 2 aromatic heterocycles. The SMILES string of the molecule is Cc1nc2ccccc2nc1Oc1cncc(C(=O)O)c1. The monoisotopic (exact) mass is 281 g/mol. The van der Waals surface area contributed by atoms with Crippen LogP contribution >= 0.6 is 0 Å². The molecule has 0 radical (unpaired) electrons. The van der Waals surface area contributed by atoms with Crippen molar-refractivity contribution in [2.75, 3.05) is 0 Å². The quantitative estimate of drug-likeness (QED) is 0.794. The van der Waals surface area contributed by atoms with E-state index in [9.17, 15) is 4.79 Å². The topological polar surface area (TPSA) is 85.2 Å². The van der Waals surface area contributed by atoms with Crippen molar-refractivity contribution in [1.29, 1.82) is 0 Å². The van der Waals surface area contributed by atoms with Gasteiger partial charge in [0, 0.05) is 6.20 Å². The molecule has 6 nitrogen and oxygen atoms in total. The van der Waals surface area contributed by atoms with Crippen LogP contribution in [0.1, 0.15) is 16.1 Å². The number of carboxylic acid groups (broad SMARTS) is 1. The fourth-order valence-corrected chi connectivity index (χ4v) is 1.87. The summed E-state index contributed by atoms with van der Waals surface area (Å²) >= 11 is 0. The van der Waals surface area contributed by atoms with Crippen LogP contribution in [0.25, 0.3) is 11.0 Å². The van der Waals surface area contributed by atoms with Crippen molar-refractivity contribution in [3.63, 3.8) is 0 Å². The molecule has 2 heterocycles. The average molecular weight is 281 g/mol. The fraction of sp³-hybridized carbons (Fsp3) is 0.0667. The van der Waals surface area contributed by atoms with E-state index in [4.69, 9.17) is 9.84 Å². The molecule has 1 N–H and O–H groups in total. The molecule has 3 aromatic rings. The van der Waals surface area contributed by atoms with E-state index < -0.39 is 5.97 Å². The Labute approximate surface area is 120 Å². The number of pyridine rings is 1. The zero-order valence-electron chi connectivity index (χ0n) is 11.1. The Morgan fingerprint density at radius 2 is 1.86 bits per heavy atom. The number of rotatable bonds is 3. The van der Waals surface area contributed by atoms with Gasteiger partial charge in [0.2, 0.25) is 5.88 Å². The van der Waals surface area contributed by atoms with Gasteiger partial charge in [0.05, 0.1) is 22.8 Å². The smallest absolute Gasteiger partial charge is 0.337 e. The van der Waals surface area contributed by atoms with Gasteiger partial charge in [-0.3, -0.25) is 4.98 Å². The van der Waals surface area contributed by atoms with Crippen molar-refractivity contribution in [2.24, 2.45) is 0 Å². The highest BCUT2D eigenvalue weighted by molar-refractivity contribution is 5.87. The predicted octanol–water partition coefficient (Wildman–Crippen LogP) is 2.82. The molecule has 0 aliphatic rings. The largest absolute Gasteiger partial charge is 0.478 e. The molecule has 0 unspecified atom stereocenters. The summed E-state index contributed by atoms with van der Waals surface area (Å²) in [5.74, 6) is -0.421. The lowest BCUT2D eigenvalue weighted by molar-refractivity contribution is 0.0696. The number of ether oxygens (including phenoxy) is 1. The van der Waals surface area contributed by atoms with Crippen LogP contribution in [-0.4, -0.2) is 26.0 Å². The van der Waals surface area contributed by atoms with Gasteiger partial charge in [-0.05, 0) is 25.1 Å². The first kappa shape index (κ1) is 13.0. The van der Waals surface area contributed by atoms with Crippen LogP contribution in [0.4, 0.5) is 0 Å². The lowest BCUT2D eigenvalue weighted by Crippen LogP contribution is -1.99. The summed E-state index contributed by atoms with van der Waals surface area (Å²) in [5.41, 5.74) is 2.16. The lowest BCUT2D eigenvalue weighted by Gasteiger charge is -2.08.